The van der Waals surface area contributed by atoms with E-state index in [-0.39, 0.29) is 6.04 Å². The highest BCUT2D eigenvalue weighted by Gasteiger charge is 2.10. The van der Waals surface area contributed by atoms with Crippen LogP contribution in [0.3, 0.4) is 0 Å². The van der Waals surface area contributed by atoms with Crippen molar-refractivity contribution in [3.05, 3.63) is 53.1 Å². The second-order valence-corrected chi connectivity index (χ2v) is 4.69. The number of nitrogens with one attached hydrogen (secondary N) is 1. The van der Waals surface area contributed by atoms with Gasteiger partial charge in [0.2, 0.25) is 0 Å². The SMILES string of the molecule is Cc1c(CN[C@H](C)c2ccncc2)cc(C#N)n1C. The Bertz CT molecular complexity index is 593. The summed E-state index contributed by atoms with van der Waals surface area (Å²) in [5.41, 5.74) is 4.21. The van der Waals surface area contributed by atoms with Crippen molar-refractivity contribution in [2.45, 2.75) is 26.4 Å². The van der Waals surface area contributed by atoms with Crippen molar-refractivity contribution >= 4 is 0 Å². The summed E-state index contributed by atoms with van der Waals surface area (Å²) >= 11 is 0. The molecule has 2 aromatic rings. The molecule has 0 saturated carbocycles. The lowest BCUT2D eigenvalue weighted by atomic mass is 10.1. The maximum Gasteiger partial charge on any atom is 0.120 e. The molecule has 2 rings (SSSR count). The van der Waals surface area contributed by atoms with Crippen molar-refractivity contribution in [3.8, 4) is 6.07 Å². The van der Waals surface area contributed by atoms with Crippen molar-refractivity contribution in [1.29, 1.82) is 5.26 Å². The summed E-state index contributed by atoms with van der Waals surface area (Å²) in [6.07, 6.45) is 3.60. The van der Waals surface area contributed by atoms with Crippen molar-refractivity contribution in [2.75, 3.05) is 0 Å². The third kappa shape index (κ3) is 2.83. The summed E-state index contributed by atoms with van der Waals surface area (Å²) in [6, 6.07) is 8.43. The van der Waals surface area contributed by atoms with E-state index in [1.807, 2.05) is 36.7 Å². The molecule has 0 radical (unpaired) electrons. The van der Waals surface area contributed by atoms with Crippen LogP contribution >= 0.6 is 0 Å². The number of rotatable bonds is 4. The molecule has 1 atom stereocenters. The molecule has 0 bridgehead atoms. The molecule has 4 nitrogen and oxygen atoms in total. The van der Waals surface area contributed by atoms with Gasteiger partial charge in [0.25, 0.3) is 0 Å². The van der Waals surface area contributed by atoms with Crippen LogP contribution in [0.15, 0.2) is 30.6 Å². The second-order valence-electron chi connectivity index (χ2n) is 4.69. The minimum Gasteiger partial charge on any atom is -0.340 e. The molecule has 1 N–H and O–H groups in total. The fourth-order valence-electron chi connectivity index (χ4n) is 2.08. The zero-order valence-electron chi connectivity index (χ0n) is 11.5. The Morgan fingerprint density at radius 1 is 1.42 bits per heavy atom. The zero-order chi connectivity index (χ0) is 13.8. The van der Waals surface area contributed by atoms with Gasteiger partial charge in [-0.1, -0.05) is 0 Å². The summed E-state index contributed by atoms with van der Waals surface area (Å²) in [4.78, 5) is 4.02. The molecular formula is C15H18N4. The number of pyridine rings is 1. The van der Waals surface area contributed by atoms with E-state index in [9.17, 15) is 0 Å². The summed E-state index contributed by atoms with van der Waals surface area (Å²) in [7, 11) is 1.92. The maximum atomic E-state index is 9.01. The molecule has 0 amide bonds. The van der Waals surface area contributed by atoms with Gasteiger partial charge in [-0.25, -0.2) is 0 Å². The first-order chi connectivity index (χ1) is 9.13. The molecule has 19 heavy (non-hydrogen) atoms. The first-order valence-electron chi connectivity index (χ1n) is 6.32. The summed E-state index contributed by atoms with van der Waals surface area (Å²) in [5.74, 6) is 0. The van der Waals surface area contributed by atoms with Gasteiger partial charge >= 0.3 is 0 Å². The van der Waals surface area contributed by atoms with Crippen LogP contribution in [-0.4, -0.2) is 9.55 Å². The Balaban J connectivity index is 2.06. The number of nitrogens with zero attached hydrogens (tertiary/aromatic N) is 3. The summed E-state index contributed by atoms with van der Waals surface area (Å²) in [6.45, 7) is 4.92. The zero-order valence-corrected chi connectivity index (χ0v) is 11.5. The van der Waals surface area contributed by atoms with Crippen molar-refractivity contribution in [2.24, 2.45) is 7.05 Å². The second kappa shape index (κ2) is 5.68. The van der Waals surface area contributed by atoms with E-state index in [1.54, 1.807) is 12.4 Å². The third-order valence-corrected chi connectivity index (χ3v) is 3.56. The fourth-order valence-corrected chi connectivity index (χ4v) is 2.08. The van der Waals surface area contributed by atoms with Crippen LogP contribution in [0.4, 0.5) is 0 Å². The lowest BCUT2D eigenvalue weighted by Crippen LogP contribution is -2.18. The molecule has 0 aliphatic carbocycles. The molecule has 98 valence electrons. The molecule has 0 spiro atoms. The first kappa shape index (κ1) is 13.3. The molecule has 0 aliphatic rings. The number of hydrogen-bond donors (Lipinski definition) is 1. The highest BCUT2D eigenvalue weighted by atomic mass is 15.0. The van der Waals surface area contributed by atoms with Gasteiger partial charge in [-0.05, 0) is 43.2 Å². The fraction of sp³-hybridized carbons (Fsp3) is 0.333. The first-order valence-corrected chi connectivity index (χ1v) is 6.32. The Hall–Kier alpha value is -2.12. The van der Waals surface area contributed by atoms with Gasteiger partial charge in [0.05, 0.1) is 0 Å². The summed E-state index contributed by atoms with van der Waals surface area (Å²) < 4.78 is 1.92. The van der Waals surface area contributed by atoms with E-state index in [4.69, 9.17) is 5.26 Å². The Kier molecular flexibility index (Phi) is 3.98. The van der Waals surface area contributed by atoms with E-state index in [0.717, 1.165) is 12.2 Å². The van der Waals surface area contributed by atoms with Crippen molar-refractivity contribution in [1.82, 2.24) is 14.9 Å². The Labute approximate surface area is 113 Å². The van der Waals surface area contributed by atoms with Gasteiger partial charge in [0.15, 0.2) is 0 Å². The van der Waals surface area contributed by atoms with Crippen LogP contribution in [-0.2, 0) is 13.6 Å². The molecule has 2 heterocycles. The van der Waals surface area contributed by atoms with Crippen LogP contribution in [0, 0.1) is 18.3 Å². The standard InChI is InChI=1S/C15H18N4/c1-11(13-4-6-17-7-5-13)18-10-14-8-15(9-16)19(3)12(14)2/h4-8,11,18H,10H2,1-3H3/t11-/m1/s1. The van der Waals surface area contributed by atoms with Gasteiger partial charge in [-0.3, -0.25) is 4.98 Å². The number of nitriles is 1. The predicted octanol–water partition coefficient (Wildman–Crippen LogP) is 2.45. The van der Waals surface area contributed by atoms with Crippen molar-refractivity contribution in [3.63, 3.8) is 0 Å². The lowest BCUT2D eigenvalue weighted by Gasteiger charge is -2.14. The average molecular weight is 254 g/mol. The highest BCUT2D eigenvalue weighted by molar-refractivity contribution is 5.34. The van der Waals surface area contributed by atoms with Crippen LogP contribution < -0.4 is 5.32 Å². The number of hydrogen-bond acceptors (Lipinski definition) is 3. The van der Waals surface area contributed by atoms with E-state index < -0.39 is 0 Å². The molecule has 2 aromatic heterocycles. The maximum absolute atomic E-state index is 9.01. The van der Waals surface area contributed by atoms with Gasteiger partial charge in [-0.15, -0.1) is 0 Å². The third-order valence-electron chi connectivity index (χ3n) is 3.56. The van der Waals surface area contributed by atoms with Crippen LogP contribution in [0.5, 0.6) is 0 Å². The lowest BCUT2D eigenvalue weighted by molar-refractivity contribution is 0.572. The van der Waals surface area contributed by atoms with E-state index >= 15 is 0 Å². The largest absolute Gasteiger partial charge is 0.340 e. The molecule has 0 saturated heterocycles. The van der Waals surface area contributed by atoms with Gasteiger partial charge < -0.3 is 9.88 Å². The average Bonchev–Trinajstić information content (AvgIpc) is 2.73. The monoisotopic (exact) mass is 254 g/mol. The molecule has 0 aliphatic heterocycles. The number of aromatic nitrogens is 2. The van der Waals surface area contributed by atoms with E-state index in [0.29, 0.717) is 5.69 Å². The highest BCUT2D eigenvalue weighted by Crippen LogP contribution is 2.16. The minimum atomic E-state index is 0.258. The van der Waals surface area contributed by atoms with Gasteiger partial charge in [0, 0.05) is 37.7 Å². The molecule has 4 heteroatoms. The normalized spacial score (nSPS) is 12.1. The van der Waals surface area contributed by atoms with Gasteiger partial charge in [0.1, 0.15) is 11.8 Å². The van der Waals surface area contributed by atoms with Gasteiger partial charge in [-0.2, -0.15) is 5.26 Å². The molecule has 0 fully saturated rings. The smallest absolute Gasteiger partial charge is 0.120 e. The molecule has 0 unspecified atom stereocenters. The Morgan fingerprint density at radius 3 is 2.68 bits per heavy atom. The quantitative estimate of drug-likeness (QED) is 0.911. The predicted molar refractivity (Wildman–Crippen MR) is 74.4 cm³/mol. The molecule has 0 aromatic carbocycles. The van der Waals surface area contributed by atoms with Crippen LogP contribution in [0.1, 0.15) is 35.5 Å². The summed E-state index contributed by atoms with van der Waals surface area (Å²) in [5, 5.41) is 12.5. The Morgan fingerprint density at radius 2 is 2.11 bits per heavy atom. The van der Waals surface area contributed by atoms with E-state index in [2.05, 4.69) is 23.3 Å². The van der Waals surface area contributed by atoms with Crippen LogP contribution in [0.25, 0.3) is 0 Å². The van der Waals surface area contributed by atoms with Crippen molar-refractivity contribution < 1.29 is 0 Å². The topological polar surface area (TPSA) is 53.6 Å². The minimum absolute atomic E-state index is 0.258. The van der Waals surface area contributed by atoms with Crippen LogP contribution in [0.2, 0.25) is 0 Å². The van der Waals surface area contributed by atoms with E-state index in [1.165, 1.54) is 11.1 Å². The molecular weight excluding hydrogens is 236 g/mol.